The van der Waals surface area contributed by atoms with Gasteiger partial charge in [-0.1, -0.05) is 121 Å². The maximum atomic E-state index is 6.38. The van der Waals surface area contributed by atoms with E-state index in [-0.39, 0.29) is 0 Å². The Balaban J connectivity index is 1.11. The summed E-state index contributed by atoms with van der Waals surface area (Å²) in [6.45, 7) is 0. The third-order valence-corrected chi connectivity index (χ3v) is 15.3. The topological polar surface area (TPSA) is 48.8 Å². The lowest BCUT2D eigenvalue weighted by Gasteiger charge is -2.34. The number of imidazole rings is 1. The van der Waals surface area contributed by atoms with Gasteiger partial charge in [0.25, 0.3) is 0 Å². The minimum absolute atomic E-state index is 0.869. The monoisotopic (exact) mass is 674 g/mol. The highest BCUT2D eigenvalue weighted by Gasteiger charge is 2.41. The molecule has 6 heteroatoms. The molecule has 1 aliphatic rings. The van der Waals surface area contributed by atoms with E-state index in [0.29, 0.717) is 0 Å². The highest BCUT2D eigenvalue weighted by atomic mass is 28.3. The predicted molar refractivity (Wildman–Crippen MR) is 209 cm³/mol. The molecule has 6 aromatic carbocycles. The largest absolute Gasteiger partial charge is 0.456 e. The van der Waals surface area contributed by atoms with Crippen LogP contribution in [0.25, 0.3) is 44.4 Å². The fourth-order valence-corrected chi connectivity index (χ4v) is 12.9. The van der Waals surface area contributed by atoms with E-state index in [1.54, 1.807) is 0 Å². The molecular weight excluding hydrogens is 641 g/mol. The fraction of sp³-hybridized carbons (Fsp3) is 0.0667. The van der Waals surface area contributed by atoms with Crippen molar-refractivity contribution in [3.05, 3.63) is 182 Å². The molecule has 0 fully saturated rings. The standard InChI is InChI=1S/C45H34N4OSi/c1-4-13-35(14-5-1)51(36-15-6-2-7-16-36,37-17-8-3-9-18-37)38-19-10-12-32(28-38)33-22-24-43-39(29-33)40-30-34(23-25-44(40)50-43)49-31-42-41(47-49)20-11-21-45-46-26-27-48(42)45/h1-10,12-19,22-31H,11,20-21H2. The van der Waals surface area contributed by atoms with Crippen molar-refractivity contribution in [2.24, 2.45) is 0 Å². The van der Waals surface area contributed by atoms with Crippen LogP contribution < -0.4 is 20.7 Å². The zero-order valence-electron chi connectivity index (χ0n) is 28.0. The maximum absolute atomic E-state index is 6.38. The summed E-state index contributed by atoms with van der Waals surface area (Å²) in [5.74, 6) is 1.09. The van der Waals surface area contributed by atoms with Crippen LogP contribution in [0.1, 0.15) is 17.9 Å². The SMILES string of the molecule is c1ccc([Si](c2ccccc2)(c2ccccc2)c2cccc(-c3ccc4oc5ccc(-n6cc7c(n6)CCCc6nccn6-7)cc5c4c3)c2)cc1. The molecule has 0 amide bonds. The summed E-state index contributed by atoms with van der Waals surface area (Å²) in [6.07, 6.45) is 9.01. The van der Waals surface area contributed by atoms with Crippen molar-refractivity contribution in [1.82, 2.24) is 19.3 Å². The molecule has 5 nitrogen and oxygen atoms in total. The summed E-state index contributed by atoms with van der Waals surface area (Å²) in [6, 6.07) is 55.4. The van der Waals surface area contributed by atoms with Gasteiger partial charge in [-0.25, -0.2) is 9.67 Å². The van der Waals surface area contributed by atoms with Gasteiger partial charge in [0.15, 0.2) is 8.07 Å². The predicted octanol–water partition coefficient (Wildman–Crippen LogP) is 7.49. The fourth-order valence-electron chi connectivity index (χ4n) is 8.15. The Kier molecular flexibility index (Phi) is 6.96. The molecule has 9 aromatic rings. The Morgan fingerprint density at radius 1 is 0.569 bits per heavy atom. The summed E-state index contributed by atoms with van der Waals surface area (Å²) in [4.78, 5) is 4.58. The number of rotatable bonds is 6. The number of furan rings is 1. The van der Waals surface area contributed by atoms with E-state index >= 15 is 0 Å². The molecule has 0 spiro atoms. The highest BCUT2D eigenvalue weighted by molar-refractivity contribution is 7.19. The lowest BCUT2D eigenvalue weighted by Crippen LogP contribution is -2.74. The molecule has 0 N–H and O–H groups in total. The molecule has 0 saturated carbocycles. The summed E-state index contributed by atoms with van der Waals surface area (Å²) >= 11 is 0. The van der Waals surface area contributed by atoms with Gasteiger partial charge in [-0.2, -0.15) is 5.10 Å². The Hall–Kier alpha value is -6.24. The van der Waals surface area contributed by atoms with Crippen LogP contribution in [-0.4, -0.2) is 27.4 Å². The normalized spacial score (nSPS) is 12.9. The van der Waals surface area contributed by atoms with E-state index in [2.05, 4.69) is 167 Å². The van der Waals surface area contributed by atoms with Crippen LogP contribution in [-0.2, 0) is 12.8 Å². The first-order valence-electron chi connectivity index (χ1n) is 17.6. The first-order valence-corrected chi connectivity index (χ1v) is 19.6. The van der Waals surface area contributed by atoms with Crippen molar-refractivity contribution in [2.45, 2.75) is 19.3 Å². The zero-order chi connectivity index (χ0) is 33.8. The highest BCUT2D eigenvalue weighted by Crippen LogP contribution is 2.34. The molecule has 0 bridgehead atoms. The van der Waals surface area contributed by atoms with E-state index in [9.17, 15) is 0 Å². The van der Waals surface area contributed by atoms with Crippen LogP contribution in [0.2, 0.25) is 0 Å². The maximum Gasteiger partial charge on any atom is 0.179 e. The number of hydrogen-bond donors (Lipinski definition) is 0. The van der Waals surface area contributed by atoms with Crippen molar-refractivity contribution in [3.63, 3.8) is 0 Å². The molecule has 4 heterocycles. The van der Waals surface area contributed by atoms with E-state index in [1.165, 1.54) is 26.3 Å². The molecule has 3 aromatic heterocycles. The van der Waals surface area contributed by atoms with Crippen molar-refractivity contribution in [3.8, 4) is 22.5 Å². The van der Waals surface area contributed by atoms with Crippen LogP contribution in [0.15, 0.2) is 175 Å². The number of aryl methyl sites for hydroxylation is 2. The summed E-state index contributed by atoms with van der Waals surface area (Å²) in [5.41, 5.74) is 7.32. The van der Waals surface area contributed by atoms with Gasteiger partial charge >= 0.3 is 0 Å². The Morgan fingerprint density at radius 3 is 1.90 bits per heavy atom. The second-order valence-electron chi connectivity index (χ2n) is 13.4. The number of hydrogen-bond acceptors (Lipinski definition) is 3. The van der Waals surface area contributed by atoms with Gasteiger partial charge in [0.05, 0.1) is 23.3 Å². The minimum atomic E-state index is -2.65. The van der Waals surface area contributed by atoms with Gasteiger partial charge in [-0.3, -0.25) is 0 Å². The van der Waals surface area contributed by atoms with Gasteiger partial charge in [0, 0.05) is 29.6 Å². The molecule has 10 rings (SSSR count). The minimum Gasteiger partial charge on any atom is -0.456 e. The number of aromatic nitrogens is 4. The quantitative estimate of drug-likeness (QED) is 0.136. The van der Waals surface area contributed by atoms with Gasteiger partial charge < -0.3 is 8.98 Å². The van der Waals surface area contributed by atoms with Crippen LogP contribution in [0.4, 0.5) is 0 Å². The van der Waals surface area contributed by atoms with Crippen LogP contribution >= 0.6 is 0 Å². The lowest BCUT2D eigenvalue weighted by molar-refractivity contribution is 0.668. The number of benzene rings is 6. The molecule has 0 unspecified atom stereocenters. The molecule has 244 valence electrons. The van der Waals surface area contributed by atoms with E-state index < -0.39 is 8.07 Å². The second kappa shape index (κ2) is 12.0. The van der Waals surface area contributed by atoms with Crippen LogP contribution in [0.5, 0.6) is 0 Å². The van der Waals surface area contributed by atoms with Crippen LogP contribution in [0.3, 0.4) is 0 Å². The van der Waals surface area contributed by atoms with E-state index in [4.69, 9.17) is 9.52 Å². The smallest absolute Gasteiger partial charge is 0.179 e. The number of fused-ring (bicyclic) bond motifs is 6. The zero-order valence-corrected chi connectivity index (χ0v) is 29.0. The molecule has 0 atom stereocenters. The van der Waals surface area contributed by atoms with Gasteiger partial charge in [0.2, 0.25) is 0 Å². The average Bonchev–Trinajstić information content (AvgIpc) is 3.91. The Bertz CT molecular complexity index is 2580. The third-order valence-electron chi connectivity index (χ3n) is 10.5. The first kappa shape index (κ1) is 29.7. The Morgan fingerprint density at radius 2 is 1.20 bits per heavy atom. The molecule has 51 heavy (non-hydrogen) atoms. The second-order valence-corrected chi connectivity index (χ2v) is 17.2. The van der Waals surface area contributed by atoms with E-state index in [1.807, 2.05) is 17.1 Å². The van der Waals surface area contributed by atoms with Crippen molar-refractivity contribution >= 4 is 50.8 Å². The molecule has 0 aliphatic carbocycles. The van der Waals surface area contributed by atoms with E-state index in [0.717, 1.165) is 69.7 Å². The van der Waals surface area contributed by atoms with Crippen molar-refractivity contribution < 1.29 is 4.42 Å². The Labute approximate surface area is 297 Å². The van der Waals surface area contributed by atoms with Gasteiger partial charge in [-0.05, 0) is 75.0 Å². The average molecular weight is 675 g/mol. The third kappa shape index (κ3) is 4.82. The number of nitrogens with zero attached hydrogens (tertiary/aromatic N) is 4. The lowest BCUT2D eigenvalue weighted by atomic mass is 10.0. The summed E-state index contributed by atoms with van der Waals surface area (Å²) in [5, 5.41) is 12.7. The molecule has 1 aliphatic heterocycles. The van der Waals surface area contributed by atoms with Crippen molar-refractivity contribution in [2.75, 3.05) is 0 Å². The first-order chi connectivity index (χ1) is 25.3. The molecule has 0 radical (unpaired) electrons. The van der Waals surface area contributed by atoms with Crippen molar-refractivity contribution in [1.29, 1.82) is 0 Å². The molecule has 0 saturated heterocycles. The summed E-state index contributed by atoms with van der Waals surface area (Å²) < 4.78 is 10.6. The summed E-state index contributed by atoms with van der Waals surface area (Å²) in [7, 11) is -2.65. The molecular formula is C45H34N4OSi. The van der Waals surface area contributed by atoms with Gasteiger partial charge in [0.1, 0.15) is 17.0 Å². The van der Waals surface area contributed by atoms with Crippen LogP contribution in [0, 0.1) is 0 Å². The van der Waals surface area contributed by atoms with Gasteiger partial charge in [-0.15, -0.1) is 0 Å².